The molecular formula is C27H22N2OS. The van der Waals surface area contributed by atoms with Crippen molar-refractivity contribution >= 4 is 33.8 Å². The number of hydrogen-bond donors (Lipinski definition) is 2. The minimum Gasteiger partial charge on any atom is -0.489 e. The molecule has 1 heterocycles. The van der Waals surface area contributed by atoms with Gasteiger partial charge in [-0.2, -0.15) is 0 Å². The van der Waals surface area contributed by atoms with E-state index in [0.29, 0.717) is 11.7 Å². The molecule has 4 aromatic carbocycles. The quantitative estimate of drug-likeness (QED) is 0.388. The average molecular weight is 423 g/mol. The lowest BCUT2D eigenvalue weighted by atomic mass is 9.95. The molecule has 31 heavy (non-hydrogen) atoms. The van der Waals surface area contributed by atoms with Crippen molar-refractivity contribution in [3.8, 4) is 5.75 Å². The van der Waals surface area contributed by atoms with E-state index in [1.807, 2.05) is 36.4 Å². The van der Waals surface area contributed by atoms with Gasteiger partial charge in [-0.3, -0.25) is 0 Å². The SMILES string of the molecule is S=C1NC(c2ccccc2)=CC(c2c(OCc3ccccc3)ccc3ccccc23)N1. The van der Waals surface area contributed by atoms with Crippen molar-refractivity contribution in [3.63, 3.8) is 0 Å². The summed E-state index contributed by atoms with van der Waals surface area (Å²) in [6.45, 7) is 0.511. The van der Waals surface area contributed by atoms with E-state index in [2.05, 4.69) is 77.4 Å². The standard InChI is InChI=1S/C27H22N2OS/c31-27-28-23(21-12-5-2-6-13-21)17-24(29-27)26-22-14-8-7-11-20(22)15-16-25(26)30-18-19-9-3-1-4-10-19/h1-17,24H,18H2,(H2,28,29,31). The van der Waals surface area contributed by atoms with Crippen LogP contribution in [0.1, 0.15) is 22.7 Å². The third-order valence-electron chi connectivity index (χ3n) is 5.43. The van der Waals surface area contributed by atoms with Gasteiger partial charge in [0.1, 0.15) is 12.4 Å². The first kappa shape index (κ1) is 19.3. The second kappa shape index (κ2) is 8.62. The van der Waals surface area contributed by atoms with Gasteiger partial charge in [0, 0.05) is 11.3 Å². The highest BCUT2D eigenvalue weighted by molar-refractivity contribution is 7.80. The molecular weight excluding hydrogens is 400 g/mol. The van der Waals surface area contributed by atoms with Crippen LogP contribution in [0.15, 0.2) is 103 Å². The summed E-state index contributed by atoms with van der Waals surface area (Å²) in [5, 5.41) is 9.65. The summed E-state index contributed by atoms with van der Waals surface area (Å²) >= 11 is 5.56. The second-order valence-corrected chi connectivity index (χ2v) is 7.90. The normalized spacial score (nSPS) is 15.7. The first-order valence-corrected chi connectivity index (χ1v) is 10.7. The summed E-state index contributed by atoms with van der Waals surface area (Å²) in [4.78, 5) is 0. The van der Waals surface area contributed by atoms with E-state index in [1.54, 1.807) is 0 Å². The van der Waals surface area contributed by atoms with Crippen LogP contribution in [0.2, 0.25) is 0 Å². The molecule has 0 aromatic heterocycles. The molecule has 1 aliphatic rings. The van der Waals surface area contributed by atoms with Crippen molar-refractivity contribution in [1.29, 1.82) is 0 Å². The van der Waals surface area contributed by atoms with E-state index in [-0.39, 0.29) is 6.04 Å². The van der Waals surface area contributed by atoms with Crippen LogP contribution in [0, 0.1) is 0 Å². The monoisotopic (exact) mass is 422 g/mol. The highest BCUT2D eigenvalue weighted by Crippen LogP contribution is 2.36. The Morgan fingerprint density at radius 3 is 2.29 bits per heavy atom. The van der Waals surface area contributed by atoms with Crippen LogP contribution in [0.3, 0.4) is 0 Å². The molecule has 1 unspecified atom stereocenters. The topological polar surface area (TPSA) is 33.3 Å². The Balaban J connectivity index is 1.59. The van der Waals surface area contributed by atoms with Crippen molar-refractivity contribution in [3.05, 3.63) is 120 Å². The molecule has 2 N–H and O–H groups in total. The third-order valence-corrected chi connectivity index (χ3v) is 5.65. The predicted molar refractivity (Wildman–Crippen MR) is 131 cm³/mol. The lowest BCUT2D eigenvalue weighted by molar-refractivity contribution is 0.302. The highest BCUT2D eigenvalue weighted by atomic mass is 32.1. The number of thiocarbonyl (C=S) groups is 1. The zero-order valence-electron chi connectivity index (χ0n) is 16.9. The number of benzene rings is 4. The van der Waals surface area contributed by atoms with E-state index >= 15 is 0 Å². The molecule has 0 fully saturated rings. The molecule has 0 amide bonds. The molecule has 4 aromatic rings. The zero-order chi connectivity index (χ0) is 21.0. The summed E-state index contributed by atoms with van der Waals surface area (Å²) in [6, 6.07) is 32.9. The summed E-state index contributed by atoms with van der Waals surface area (Å²) < 4.78 is 6.33. The van der Waals surface area contributed by atoms with E-state index < -0.39 is 0 Å². The van der Waals surface area contributed by atoms with Crippen molar-refractivity contribution in [2.75, 3.05) is 0 Å². The van der Waals surface area contributed by atoms with E-state index in [9.17, 15) is 0 Å². The summed E-state index contributed by atoms with van der Waals surface area (Å²) in [6.07, 6.45) is 2.18. The summed E-state index contributed by atoms with van der Waals surface area (Å²) in [5.41, 5.74) is 4.32. The van der Waals surface area contributed by atoms with Crippen LogP contribution in [-0.4, -0.2) is 5.11 Å². The molecule has 0 radical (unpaired) electrons. The lowest BCUT2D eigenvalue weighted by Gasteiger charge is -2.28. The molecule has 0 saturated heterocycles. The first-order valence-electron chi connectivity index (χ1n) is 10.3. The zero-order valence-corrected chi connectivity index (χ0v) is 17.7. The largest absolute Gasteiger partial charge is 0.489 e. The van der Waals surface area contributed by atoms with Crippen LogP contribution >= 0.6 is 12.2 Å². The summed E-state index contributed by atoms with van der Waals surface area (Å²) in [5.74, 6) is 0.855. The van der Waals surface area contributed by atoms with Gasteiger partial charge in [0.15, 0.2) is 5.11 Å². The number of ether oxygens (including phenoxy) is 1. The molecule has 152 valence electrons. The van der Waals surface area contributed by atoms with Crippen LogP contribution in [0.5, 0.6) is 5.75 Å². The van der Waals surface area contributed by atoms with Crippen molar-refractivity contribution < 1.29 is 4.74 Å². The van der Waals surface area contributed by atoms with Gasteiger partial charge >= 0.3 is 0 Å². The average Bonchev–Trinajstić information content (AvgIpc) is 2.83. The first-order chi connectivity index (χ1) is 15.3. The Morgan fingerprint density at radius 1 is 0.774 bits per heavy atom. The van der Waals surface area contributed by atoms with Crippen molar-refractivity contribution in [2.24, 2.45) is 0 Å². The maximum atomic E-state index is 6.33. The molecule has 0 saturated carbocycles. The van der Waals surface area contributed by atoms with E-state index in [4.69, 9.17) is 17.0 Å². The fraction of sp³-hybridized carbons (Fsp3) is 0.0741. The Hall–Kier alpha value is -3.63. The number of rotatable bonds is 5. The van der Waals surface area contributed by atoms with Gasteiger partial charge in [-0.05, 0) is 46.3 Å². The second-order valence-electron chi connectivity index (χ2n) is 7.50. The fourth-order valence-corrected chi connectivity index (χ4v) is 4.19. The van der Waals surface area contributed by atoms with E-state index in [1.165, 1.54) is 5.39 Å². The van der Waals surface area contributed by atoms with Crippen LogP contribution < -0.4 is 15.4 Å². The van der Waals surface area contributed by atoms with Crippen molar-refractivity contribution in [2.45, 2.75) is 12.6 Å². The third kappa shape index (κ3) is 4.16. The Morgan fingerprint density at radius 2 is 1.48 bits per heavy atom. The van der Waals surface area contributed by atoms with Gasteiger partial charge < -0.3 is 15.4 Å². The molecule has 1 aliphatic heterocycles. The van der Waals surface area contributed by atoms with Gasteiger partial charge in [-0.15, -0.1) is 0 Å². The summed E-state index contributed by atoms with van der Waals surface area (Å²) in [7, 11) is 0. The van der Waals surface area contributed by atoms with Crippen LogP contribution in [0.4, 0.5) is 0 Å². The maximum Gasteiger partial charge on any atom is 0.171 e. The minimum absolute atomic E-state index is 0.110. The smallest absolute Gasteiger partial charge is 0.171 e. The van der Waals surface area contributed by atoms with Gasteiger partial charge in [0.2, 0.25) is 0 Å². The fourth-order valence-electron chi connectivity index (χ4n) is 3.95. The van der Waals surface area contributed by atoms with Crippen LogP contribution in [0.25, 0.3) is 16.5 Å². The molecule has 0 aliphatic carbocycles. The number of fused-ring (bicyclic) bond motifs is 1. The molecule has 3 nitrogen and oxygen atoms in total. The van der Waals surface area contributed by atoms with Gasteiger partial charge in [-0.25, -0.2) is 0 Å². The Labute approximate surface area is 187 Å². The Kier molecular flexibility index (Phi) is 5.38. The predicted octanol–water partition coefficient (Wildman–Crippen LogP) is 5.98. The molecule has 1 atom stereocenters. The number of hydrogen-bond acceptors (Lipinski definition) is 2. The molecule has 0 bridgehead atoms. The van der Waals surface area contributed by atoms with Crippen LogP contribution in [-0.2, 0) is 6.61 Å². The van der Waals surface area contributed by atoms with Gasteiger partial charge in [0.05, 0.1) is 6.04 Å². The van der Waals surface area contributed by atoms with Gasteiger partial charge in [-0.1, -0.05) is 91.0 Å². The van der Waals surface area contributed by atoms with Crippen molar-refractivity contribution in [1.82, 2.24) is 10.6 Å². The van der Waals surface area contributed by atoms with Gasteiger partial charge in [0.25, 0.3) is 0 Å². The molecule has 5 rings (SSSR count). The van der Waals surface area contributed by atoms with E-state index in [0.717, 1.165) is 33.5 Å². The minimum atomic E-state index is -0.110. The number of nitrogens with one attached hydrogen (secondary N) is 2. The Bertz CT molecular complexity index is 1250. The highest BCUT2D eigenvalue weighted by Gasteiger charge is 2.23. The lowest BCUT2D eigenvalue weighted by Crippen LogP contribution is -2.40. The molecule has 4 heteroatoms. The maximum absolute atomic E-state index is 6.33. The molecule has 0 spiro atoms.